The molecule has 2 atom stereocenters. The van der Waals surface area contributed by atoms with Crippen molar-refractivity contribution in [3.05, 3.63) is 0 Å². The number of morpholine rings is 1. The molecule has 1 aliphatic carbocycles. The van der Waals surface area contributed by atoms with Gasteiger partial charge in [0.15, 0.2) is 0 Å². The van der Waals surface area contributed by atoms with Crippen LogP contribution in [0, 0.1) is 0 Å². The SMILES string of the molecule is CC1CN(C2(CN)CCCCC2)C(C)CO1. The summed E-state index contributed by atoms with van der Waals surface area (Å²) >= 11 is 0. The Hall–Kier alpha value is -0.120. The number of rotatable bonds is 2. The van der Waals surface area contributed by atoms with Crippen molar-refractivity contribution >= 4 is 0 Å². The summed E-state index contributed by atoms with van der Waals surface area (Å²) in [6, 6.07) is 0.526. The summed E-state index contributed by atoms with van der Waals surface area (Å²) in [6.45, 7) is 7.18. The van der Waals surface area contributed by atoms with E-state index in [1.807, 2.05) is 0 Å². The monoisotopic (exact) mass is 226 g/mol. The maximum absolute atomic E-state index is 6.09. The normalized spacial score (nSPS) is 36.2. The summed E-state index contributed by atoms with van der Waals surface area (Å²) in [5, 5.41) is 0. The van der Waals surface area contributed by atoms with E-state index in [0.717, 1.165) is 19.7 Å². The lowest BCUT2D eigenvalue weighted by molar-refractivity contribution is -0.101. The topological polar surface area (TPSA) is 38.5 Å². The molecule has 16 heavy (non-hydrogen) atoms. The molecule has 2 fully saturated rings. The molecule has 1 saturated carbocycles. The molecule has 0 bridgehead atoms. The molecule has 1 aliphatic heterocycles. The zero-order valence-corrected chi connectivity index (χ0v) is 10.7. The van der Waals surface area contributed by atoms with Crippen LogP contribution in [0.15, 0.2) is 0 Å². The van der Waals surface area contributed by atoms with Gasteiger partial charge in [-0.1, -0.05) is 19.3 Å². The highest BCUT2D eigenvalue weighted by Gasteiger charge is 2.41. The minimum atomic E-state index is 0.274. The smallest absolute Gasteiger partial charge is 0.0675 e. The Morgan fingerprint density at radius 2 is 1.94 bits per heavy atom. The summed E-state index contributed by atoms with van der Waals surface area (Å²) in [7, 11) is 0. The van der Waals surface area contributed by atoms with Gasteiger partial charge in [0.2, 0.25) is 0 Å². The summed E-state index contributed by atoms with van der Waals surface area (Å²) in [5.74, 6) is 0. The first-order valence-electron chi connectivity index (χ1n) is 6.76. The summed E-state index contributed by atoms with van der Waals surface area (Å²) in [6.07, 6.45) is 6.99. The van der Waals surface area contributed by atoms with Gasteiger partial charge in [0.05, 0.1) is 12.7 Å². The molecule has 1 saturated heterocycles. The van der Waals surface area contributed by atoms with Crippen LogP contribution in [0.1, 0.15) is 46.0 Å². The van der Waals surface area contributed by atoms with Crippen molar-refractivity contribution < 1.29 is 4.74 Å². The van der Waals surface area contributed by atoms with Gasteiger partial charge in [0.25, 0.3) is 0 Å². The van der Waals surface area contributed by atoms with Gasteiger partial charge in [-0.05, 0) is 26.7 Å². The van der Waals surface area contributed by atoms with Crippen LogP contribution in [-0.2, 0) is 4.74 Å². The van der Waals surface area contributed by atoms with E-state index in [1.165, 1.54) is 32.1 Å². The van der Waals surface area contributed by atoms with Crippen molar-refractivity contribution in [2.75, 3.05) is 19.7 Å². The van der Waals surface area contributed by atoms with Gasteiger partial charge in [0, 0.05) is 24.7 Å². The van der Waals surface area contributed by atoms with Gasteiger partial charge in [-0.3, -0.25) is 4.90 Å². The van der Waals surface area contributed by atoms with Gasteiger partial charge in [-0.15, -0.1) is 0 Å². The van der Waals surface area contributed by atoms with E-state index in [4.69, 9.17) is 10.5 Å². The molecular formula is C13H26N2O. The minimum Gasteiger partial charge on any atom is -0.376 e. The van der Waals surface area contributed by atoms with Crippen molar-refractivity contribution in [2.24, 2.45) is 5.73 Å². The Bertz CT molecular complexity index is 226. The molecule has 0 amide bonds. The van der Waals surface area contributed by atoms with Crippen molar-refractivity contribution in [2.45, 2.75) is 63.6 Å². The lowest BCUT2D eigenvalue weighted by Crippen LogP contribution is -2.63. The average Bonchev–Trinajstić information content (AvgIpc) is 2.33. The van der Waals surface area contributed by atoms with E-state index in [0.29, 0.717) is 12.1 Å². The molecule has 1 heterocycles. The lowest BCUT2D eigenvalue weighted by atomic mass is 9.79. The second kappa shape index (κ2) is 5.03. The third-order valence-corrected chi connectivity index (χ3v) is 4.38. The highest BCUT2D eigenvalue weighted by Crippen LogP contribution is 2.35. The molecule has 3 heteroatoms. The Balaban J connectivity index is 2.11. The number of hydrogen-bond donors (Lipinski definition) is 1. The van der Waals surface area contributed by atoms with Crippen LogP contribution in [0.3, 0.4) is 0 Å². The third kappa shape index (κ3) is 2.27. The standard InChI is InChI=1S/C13H26N2O/c1-11-9-16-12(2)8-15(11)13(10-14)6-4-3-5-7-13/h11-12H,3-10,14H2,1-2H3. The number of nitrogens with zero attached hydrogens (tertiary/aromatic N) is 1. The molecule has 2 rings (SSSR count). The predicted octanol–water partition coefficient (Wildman–Crippen LogP) is 1.76. The molecule has 0 aromatic heterocycles. The van der Waals surface area contributed by atoms with Crippen LogP contribution in [-0.4, -0.2) is 42.3 Å². The third-order valence-electron chi connectivity index (χ3n) is 4.38. The molecule has 2 aliphatic rings. The highest BCUT2D eigenvalue weighted by molar-refractivity contribution is 4.97. The lowest BCUT2D eigenvalue weighted by Gasteiger charge is -2.51. The van der Waals surface area contributed by atoms with E-state index in [1.54, 1.807) is 0 Å². The molecule has 0 radical (unpaired) electrons. The van der Waals surface area contributed by atoms with Crippen molar-refractivity contribution in [1.82, 2.24) is 4.90 Å². The van der Waals surface area contributed by atoms with Gasteiger partial charge < -0.3 is 10.5 Å². The fourth-order valence-electron chi connectivity index (χ4n) is 3.38. The van der Waals surface area contributed by atoms with E-state index >= 15 is 0 Å². The fraction of sp³-hybridized carbons (Fsp3) is 1.00. The Labute approximate surface area is 99.3 Å². The van der Waals surface area contributed by atoms with Crippen LogP contribution in [0.25, 0.3) is 0 Å². The summed E-state index contributed by atoms with van der Waals surface area (Å²) in [5.41, 5.74) is 6.37. The van der Waals surface area contributed by atoms with E-state index < -0.39 is 0 Å². The second-order valence-electron chi connectivity index (χ2n) is 5.63. The van der Waals surface area contributed by atoms with Gasteiger partial charge in [0.1, 0.15) is 0 Å². The van der Waals surface area contributed by atoms with Crippen molar-refractivity contribution in [3.8, 4) is 0 Å². The van der Waals surface area contributed by atoms with Gasteiger partial charge in [-0.25, -0.2) is 0 Å². The predicted molar refractivity (Wildman–Crippen MR) is 66.5 cm³/mol. The Morgan fingerprint density at radius 1 is 1.25 bits per heavy atom. The van der Waals surface area contributed by atoms with Crippen LogP contribution in [0.2, 0.25) is 0 Å². The molecule has 94 valence electrons. The molecule has 0 spiro atoms. The maximum atomic E-state index is 6.09. The Morgan fingerprint density at radius 3 is 2.56 bits per heavy atom. The summed E-state index contributed by atoms with van der Waals surface area (Å²) < 4.78 is 5.72. The van der Waals surface area contributed by atoms with Gasteiger partial charge in [-0.2, -0.15) is 0 Å². The second-order valence-corrected chi connectivity index (χ2v) is 5.63. The molecule has 0 aromatic carbocycles. The number of hydrogen-bond acceptors (Lipinski definition) is 3. The summed E-state index contributed by atoms with van der Waals surface area (Å²) in [4.78, 5) is 2.64. The average molecular weight is 226 g/mol. The molecule has 3 nitrogen and oxygen atoms in total. The zero-order valence-electron chi connectivity index (χ0n) is 10.7. The number of nitrogens with two attached hydrogens (primary N) is 1. The van der Waals surface area contributed by atoms with Crippen LogP contribution < -0.4 is 5.73 Å². The van der Waals surface area contributed by atoms with Gasteiger partial charge >= 0.3 is 0 Å². The first kappa shape index (κ1) is 12.3. The first-order chi connectivity index (χ1) is 7.68. The first-order valence-corrected chi connectivity index (χ1v) is 6.76. The van der Waals surface area contributed by atoms with Crippen LogP contribution in [0.5, 0.6) is 0 Å². The van der Waals surface area contributed by atoms with E-state index in [2.05, 4.69) is 18.7 Å². The minimum absolute atomic E-state index is 0.274. The van der Waals surface area contributed by atoms with Crippen molar-refractivity contribution in [1.29, 1.82) is 0 Å². The number of ether oxygens (including phenoxy) is 1. The van der Waals surface area contributed by atoms with Crippen molar-refractivity contribution in [3.63, 3.8) is 0 Å². The molecule has 2 N–H and O–H groups in total. The molecular weight excluding hydrogens is 200 g/mol. The quantitative estimate of drug-likeness (QED) is 0.779. The molecule has 0 aromatic rings. The van der Waals surface area contributed by atoms with E-state index in [9.17, 15) is 0 Å². The van der Waals surface area contributed by atoms with Crippen LogP contribution in [0.4, 0.5) is 0 Å². The van der Waals surface area contributed by atoms with E-state index in [-0.39, 0.29) is 5.54 Å². The fourth-order valence-corrected chi connectivity index (χ4v) is 3.38. The molecule has 2 unspecified atom stereocenters. The zero-order chi connectivity index (χ0) is 11.6. The Kier molecular flexibility index (Phi) is 3.88. The largest absolute Gasteiger partial charge is 0.376 e. The maximum Gasteiger partial charge on any atom is 0.0675 e. The van der Waals surface area contributed by atoms with Crippen LogP contribution >= 0.6 is 0 Å². The highest BCUT2D eigenvalue weighted by atomic mass is 16.5.